The molecular weight excluding hydrogens is 1390 g/mol. The van der Waals surface area contributed by atoms with Gasteiger partial charge in [0.2, 0.25) is 0 Å². The minimum atomic E-state index is -0.126. The van der Waals surface area contributed by atoms with Gasteiger partial charge in [0.15, 0.2) is 0 Å². The summed E-state index contributed by atoms with van der Waals surface area (Å²) in [5.41, 5.74) is 41.3. The Balaban J connectivity index is 1.48. The lowest BCUT2D eigenvalue weighted by atomic mass is 9.73. The fourth-order valence-electron chi connectivity index (χ4n) is 16.5. The fraction of sp³-hybridized carbons (Fsp3) is 0.431. The third-order valence-electron chi connectivity index (χ3n) is 24.8. The molecule has 0 saturated heterocycles. The third-order valence-corrected chi connectivity index (χ3v) is 24.8. The van der Waals surface area contributed by atoms with E-state index in [1.54, 1.807) is 0 Å². The summed E-state index contributed by atoms with van der Waals surface area (Å²) in [6.07, 6.45) is 0. The summed E-state index contributed by atoms with van der Waals surface area (Å²) in [4.78, 5) is 0. The summed E-state index contributed by atoms with van der Waals surface area (Å²) >= 11 is 0. The minimum absolute atomic E-state index is 0.120. The predicted octanol–water partition coefficient (Wildman–Crippen LogP) is 34.5. The van der Waals surface area contributed by atoms with Crippen molar-refractivity contribution in [2.45, 2.75) is 328 Å². The molecule has 0 aliphatic carbocycles. The SMILES string of the molecule is Cc1c(-c2cc(-c3cc(C(C)(C)C)cc(C(C)(C)C)c3)cc(-c3cc(C(C)(C)C)cc(C(C)(C)C)c3)c2)c(-c2ccccc2-c2cc(C(C)(C)C)cc(C(C)(C)C)c2)c(C)c(-c2cc(-c3cc(C(C)(C)C)cc(C(C)(C)C)c3)cc(-c3cc(C(C)(C)C)cc(C(C)(C)C)c3)c2)c1-c1ccccc1-c1cc(C(C)(C)C)cc(C(C)(C)C)c1. The topological polar surface area (TPSA) is 0 Å². The van der Waals surface area contributed by atoms with Gasteiger partial charge in [-0.3, -0.25) is 0 Å². The molecule has 0 aliphatic heterocycles. The van der Waals surface area contributed by atoms with Gasteiger partial charge in [0.25, 0.3) is 0 Å². The maximum Gasteiger partial charge on any atom is -0.00606 e. The largest absolute Gasteiger partial charge is 0.0616 e. The van der Waals surface area contributed by atoms with E-state index in [9.17, 15) is 0 Å². The molecular formula is C116H146. The molecule has 0 heteroatoms. The molecule has 11 rings (SSSR count). The Morgan fingerprint density at radius 3 is 0.414 bits per heavy atom. The van der Waals surface area contributed by atoms with Crippen LogP contribution in [0.25, 0.3) is 111 Å². The fourth-order valence-corrected chi connectivity index (χ4v) is 16.5. The van der Waals surface area contributed by atoms with Crippen LogP contribution < -0.4 is 0 Å². The van der Waals surface area contributed by atoms with Gasteiger partial charge in [-0.25, -0.2) is 0 Å². The van der Waals surface area contributed by atoms with Crippen molar-refractivity contribution >= 4 is 0 Å². The van der Waals surface area contributed by atoms with Crippen LogP contribution in [0, 0.1) is 13.8 Å². The molecule has 0 spiro atoms. The monoisotopic (exact) mass is 1540 g/mol. The average molecular weight is 1540 g/mol. The predicted molar refractivity (Wildman–Crippen MR) is 515 cm³/mol. The lowest BCUT2D eigenvalue weighted by Gasteiger charge is -2.30. The standard InChI is InChI=1S/C116H146/c1-71-101(83-49-73(77-53-85(105(3,4)5)65-86(54-77)106(6,7)8)47-74(50-83)78-55-87(107(9,10)11)66-88(56-78)108(12,13)14)104(100-46-42-40-44-98(100)82-63-95(115(33,34)35)70-96(64-82)116(36,37)38)72(2)102(103(71)99-45-41-39-43-97(99)81-61-93(113(27,28)29)69-94(62-81)114(30,31)32)84-51-75(79-57-89(109(15,16)17)67-90(58-79)110(18,19)20)48-76(52-84)80-59-91(111(21,22)23)68-92(60-80)112(24,25)26/h39-70H,1-38H3. The molecule has 0 amide bonds. The van der Waals surface area contributed by atoms with Crippen molar-refractivity contribution in [3.63, 3.8) is 0 Å². The van der Waals surface area contributed by atoms with Crippen LogP contribution in [-0.4, -0.2) is 0 Å². The Kier molecular flexibility index (Phi) is 23.1. The molecule has 0 fully saturated rings. The second kappa shape index (κ2) is 30.3. The lowest BCUT2D eigenvalue weighted by Crippen LogP contribution is -2.16. The van der Waals surface area contributed by atoms with Gasteiger partial charge >= 0.3 is 0 Å². The Labute approximate surface area is 706 Å². The van der Waals surface area contributed by atoms with Crippen LogP contribution in [0.15, 0.2) is 194 Å². The van der Waals surface area contributed by atoms with Gasteiger partial charge < -0.3 is 0 Å². The third kappa shape index (κ3) is 19.1. The van der Waals surface area contributed by atoms with E-state index in [1.807, 2.05) is 0 Å². The first kappa shape index (κ1) is 88.2. The van der Waals surface area contributed by atoms with Gasteiger partial charge in [0.05, 0.1) is 0 Å². The van der Waals surface area contributed by atoms with E-state index in [0.29, 0.717) is 0 Å². The van der Waals surface area contributed by atoms with Crippen LogP contribution in [0.3, 0.4) is 0 Å². The van der Waals surface area contributed by atoms with Gasteiger partial charge in [-0.15, -0.1) is 0 Å². The highest BCUT2D eigenvalue weighted by atomic mass is 14.4. The summed E-state index contributed by atoms with van der Waals surface area (Å²) in [7, 11) is 0. The van der Waals surface area contributed by atoms with Crippen molar-refractivity contribution in [1.82, 2.24) is 0 Å². The molecule has 0 unspecified atom stereocenters. The van der Waals surface area contributed by atoms with Crippen molar-refractivity contribution in [1.29, 1.82) is 0 Å². The highest BCUT2D eigenvalue weighted by Gasteiger charge is 2.34. The zero-order valence-electron chi connectivity index (χ0n) is 79.5. The van der Waals surface area contributed by atoms with E-state index in [0.717, 1.165) is 0 Å². The van der Waals surface area contributed by atoms with E-state index in [-0.39, 0.29) is 65.0 Å². The molecule has 0 N–H and O–H groups in total. The molecule has 11 aromatic rings. The molecule has 11 aromatic carbocycles. The summed E-state index contributed by atoms with van der Waals surface area (Å²) in [5.74, 6) is 0. The van der Waals surface area contributed by atoms with Crippen LogP contribution in [0.1, 0.15) is 327 Å². The number of benzene rings is 11. The van der Waals surface area contributed by atoms with E-state index < -0.39 is 0 Å². The molecule has 0 aromatic heterocycles. The highest BCUT2D eigenvalue weighted by Crippen LogP contribution is 2.56. The molecule has 0 heterocycles. The van der Waals surface area contributed by atoms with Crippen molar-refractivity contribution in [2.75, 3.05) is 0 Å². The van der Waals surface area contributed by atoms with Crippen LogP contribution in [0.5, 0.6) is 0 Å². The Morgan fingerprint density at radius 2 is 0.259 bits per heavy atom. The molecule has 0 saturated carbocycles. The van der Waals surface area contributed by atoms with Crippen LogP contribution >= 0.6 is 0 Å². The highest BCUT2D eigenvalue weighted by molar-refractivity contribution is 6.07. The number of hydrogen-bond donors (Lipinski definition) is 0. The summed E-state index contributed by atoms with van der Waals surface area (Å²) in [6, 6.07) is 79.6. The normalized spacial score (nSPS) is 13.4. The van der Waals surface area contributed by atoms with Crippen molar-refractivity contribution in [2.24, 2.45) is 0 Å². The minimum Gasteiger partial charge on any atom is -0.0616 e. The first-order valence-corrected chi connectivity index (χ1v) is 43.5. The smallest absolute Gasteiger partial charge is 0.00606 e. The van der Waals surface area contributed by atoms with Gasteiger partial charge in [0, 0.05) is 0 Å². The Bertz CT molecular complexity index is 4820. The van der Waals surface area contributed by atoms with Crippen molar-refractivity contribution in [3.8, 4) is 111 Å². The van der Waals surface area contributed by atoms with Crippen LogP contribution in [0.4, 0.5) is 0 Å². The molecule has 116 heavy (non-hydrogen) atoms. The maximum atomic E-state index is 2.60. The number of hydrogen-bond acceptors (Lipinski definition) is 0. The summed E-state index contributed by atoms with van der Waals surface area (Å²) in [5, 5.41) is 0. The lowest BCUT2D eigenvalue weighted by molar-refractivity contribution is 0.568. The van der Waals surface area contributed by atoms with Crippen LogP contribution in [0.2, 0.25) is 0 Å². The Hall–Kier alpha value is -8.58. The number of rotatable bonds is 10. The summed E-state index contributed by atoms with van der Waals surface area (Å²) < 4.78 is 0. The van der Waals surface area contributed by atoms with Gasteiger partial charge in [-0.1, -0.05) is 407 Å². The van der Waals surface area contributed by atoms with E-state index in [1.165, 1.54) is 189 Å². The van der Waals surface area contributed by atoms with E-state index >= 15 is 0 Å². The molecule has 0 nitrogen and oxygen atoms in total. The molecule has 0 aliphatic rings. The van der Waals surface area contributed by atoms with Gasteiger partial charge in [0.1, 0.15) is 0 Å². The van der Waals surface area contributed by atoms with Gasteiger partial charge in [-0.2, -0.15) is 0 Å². The maximum absolute atomic E-state index is 2.60. The molecule has 610 valence electrons. The van der Waals surface area contributed by atoms with Crippen LogP contribution in [-0.2, 0) is 65.0 Å². The molecule has 0 bridgehead atoms. The Morgan fingerprint density at radius 1 is 0.129 bits per heavy atom. The molecule has 0 radical (unpaired) electrons. The zero-order chi connectivity index (χ0) is 86.3. The first-order chi connectivity index (χ1) is 52.8. The van der Waals surface area contributed by atoms with Gasteiger partial charge in [-0.05, 0) is 304 Å². The summed E-state index contributed by atoms with van der Waals surface area (Å²) in [6.45, 7) is 90.7. The molecule has 0 atom stereocenters. The quantitative estimate of drug-likeness (QED) is 0.128. The van der Waals surface area contributed by atoms with E-state index in [4.69, 9.17) is 0 Å². The average Bonchev–Trinajstić information content (AvgIpc) is 0.715. The van der Waals surface area contributed by atoms with E-state index in [2.05, 4.69) is 457 Å². The second-order valence-electron chi connectivity index (χ2n) is 47.2. The van der Waals surface area contributed by atoms with Crippen molar-refractivity contribution in [3.05, 3.63) is 272 Å². The van der Waals surface area contributed by atoms with Crippen molar-refractivity contribution < 1.29 is 0 Å². The first-order valence-electron chi connectivity index (χ1n) is 43.5. The zero-order valence-corrected chi connectivity index (χ0v) is 79.5. The second-order valence-corrected chi connectivity index (χ2v) is 47.2.